The van der Waals surface area contributed by atoms with Crippen LogP contribution in [0.4, 0.5) is 14.5 Å². The number of carbonyl (C=O) groups is 1. The average Bonchev–Trinajstić information content (AvgIpc) is 2.74. The Hall–Kier alpha value is -2.86. The van der Waals surface area contributed by atoms with Gasteiger partial charge >= 0.3 is 0 Å². The van der Waals surface area contributed by atoms with Crippen LogP contribution in [0.1, 0.15) is 23.3 Å². The lowest BCUT2D eigenvalue weighted by atomic mass is 10.0. The van der Waals surface area contributed by atoms with Crippen molar-refractivity contribution in [2.24, 2.45) is 0 Å². The van der Waals surface area contributed by atoms with Crippen molar-refractivity contribution < 1.29 is 18.3 Å². The van der Waals surface area contributed by atoms with Crippen LogP contribution in [0.2, 0.25) is 0 Å². The van der Waals surface area contributed by atoms with E-state index in [0.29, 0.717) is 11.4 Å². The molecule has 0 bridgehead atoms. The molecule has 29 heavy (non-hydrogen) atoms. The van der Waals surface area contributed by atoms with Gasteiger partial charge in [-0.25, -0.2) is 8.78 Å². The first kappa shape index (κ1) is 20.9. The predicted molar refractivity (Wildman–Crippen MR) is 113 cm³/mol. The molecule has 3 rings (SSSR count). The van der Waals surface area contributed by atoms with Crippen molar-refractivity contribution in [2.75, 3.05) is 12.4 Å². The summed E-state index contributed by atoms with van der Waals surface area (Å²) in [7, 11) is 1.58. The SMILES string of the molecule is COc1ccc(NC(=O)C(C)SC(c2ccc(F)cc2)c2ccc(F)cc2)cc1. The maximum Gasteiger partial charge on any atom is 0.237 e. The summed E-state index contributed by atoms with van der Waals surface area (Å²) in [6.45, 7) is 1.81. The molecule has 0 aliphatic carbocycles. The standard InChI is InChI=1S/C23H21F2NO2S/c1-15(23(27)26-20-11-13-21(28-2)14-12-20)29-22(16-3-7-18(24)8-4-16)17-5-9-19(25)10-6-17/h3-15,22H,1-2H3,(H,26,27). The van der Waals surface area contributed by atoms with Crippen molar-refractivity contribution in [1.82, 2.24) is 0 Å². The first-order valence-electron chi connectivity index (χ1n) is 9.07. The van der Waals surface area contributed by atoms with Crippen molar-refractivity contribution in [1.29, 1.82) is 0 Å². The predicted octanol–water partition coefficient (Wildman–Crippen LogP) is 5.82. The van der Waals surface area contributed by atoms with Crippen LogP contribution < -0.4 is 10.1 Å². The summed E-state index contributed by atoms with van der Waals surface area (Å²) in [5, 5.41) is 2.24. The average molecular weight is 413 g/mol. The van der Waals surface area contributed by atoms with Crippen LogP contribution in [0.25, 0.3) is 0 Å². The van der Waals surface area contributed by atoms with Crippen molar-refractivity contribution >= 4 is 23.4 Å². The van der Waals surface area contributed by atoms with E-state index in [2.05, 4.69) is 5.32 Å². The maximum absolute atomic E-state index is 13.4. The van der Waals surface area contributed by atoms with Crippen LogP contribution in [-0.2, 0) is 4.79 Å². The molecule has 1 atom stereocenters. The van der Waals surface area contributed by atoms with Gasteiger partial charge in [0.2, 0.25) is 5.91 Å². The van der Waals surface area contributed by atoms with E-state index in [1.54, 1.807) is 55.6 Å². The third-order valence-electron chi connectivity index (χ3n) is 4.41. The molecule has 1 amide bonds. The van der Waals surface area contributed by atoms with Crippen LogP contribution in [0.3, 0.4) is 0 Å². The van der Waals surface area contributed by atoms with E-state index in [-0.39, 0.29) is 22.8 Å². The van der Waals surface area contributed by atoms with Gasteiger partial charge in [0, 0.05) is 5.69 Å². The first-order valence-corrected chi connectivity index (χ1v) is 10.0. The van der Waals surface area contributed by atoms with Gasteiger partial charge in [-0.05, 0) is 66.6 Å². The Bertz CT molecular complexity index is 899. The van der Waals surface area contributed by atoms with Gasteiger partial charge in [-0.15, -0.1) is 11.8 Å². The van der Waals surface area contributed by atoms with Crippen molar-refractivity contribution in [3.8, 4) is 5.75 Å². The van der Waals surface area contributed by atoms with E-state index in [0.717, 1.165) is 11.1 Å². The summed E-state index contributed by atoms with van der Waals surface area (Å²) in [6.07, 6.45) is 0. The minimum absolute atomic E-state index is 0.158. The third kappa shape index (κ3) is 5.57. The van der Waals surface area contributed by atoms with Crippen LogP contribution >= 0.6 is 11.8 Å². The van der Waals surface area contributed by atoms with Gasteiger partial charge in [-0.1, -0.05) is 24.3 Å². The molecule has 1 N–H and O–H groups in total. The van der Waals surface area contributed by atoms with Gasteiger partial charge < -0.3 is 10.1 Å². The molecular weight excluding hydrogens is 392 g/mol. The van der Waals surface area contributed by atoms with Crippen LogP contribution in [0.5, 0.6) is 5.75 Å². The Morgan fingerprint density at radius 2 is 1.34 bits per heavy atom. The van der Waals surface area contributed by atoms with Crippen molar-refractivity contribution in [3.63, 3.8) is 0 Å². The van der Waals surface area contributed by atoms with Gasteiger partial charge in [-0.2, -0.15) is 0 Å². The number of ether oxygens (including phenoxy) is 1. The Labute approximate surface area is 173 Å². The third-order valence-corrected chi connectivity index (χ3v) is 5.85. The lowest BCUT2D eigenvalue weighted by Crippen LogP contribution is -2.23. The number of amides is 1. The Balaban J connectivity index is 1.77. The first-order chi connectivity index (χ1) is 14.0. The molecule has 0 fully saturated rings. The van der Waals surface area contributed by atoms with E-state index < -0.39 is 5.25 Å². The van der Waals surface area contributed by atoms with E-state index in [1.807, 2.05) is 6.92 Å². The normalized spacial score (nSPS) is 11.9. The highest BCUT2D eigenvalue weighted by Gasteiger charge is 2.23. The summed E-state index contributed by atoms with van der Waals surface area (Å²) >= 11 is 1.42. The zero-order valence-corrected chi connectivity index (χ0v) is 16.9. The van der Waals surface area contributed by atoms with Crippen LogP contribution in [0.15, 0.2) is 72.8 Å². The Kier molecular flexibility index (Phi) is 6.88. The second kappa shape index (κ2) is 9.56. The molecule has 0 aromatic heterocycles. The molecule has 150 valence electrons. The molecule has 3 aromatic carbocycles. The molecule has 3 nitrogen and oxygen atoms in total. The molecule has 0 radical (unpaired) electrons. The molecule has 3 aromatic rings. The largest absolute Gasteiger partial charge is 0.497 e. The second-order valence-corrected chi connectivity index (χ2v) is 7.93. The monoisotopic (exact) mass is 413 g/mol. The summed E-state index contributed by atoms with van der Waals surface area (Å²) in [5.41, 5.74) is 2.35. The molecule has 6 heteroatoms. The fraction of sp³-hybridized carbons (Fsp3) is 0.174. The van der Waals surface area contributed by atoms with Gasteiger partial charge in [0.05, 0.1) is 17.6 Å². The molecular formula is C23H21F2NO2S. The zero-order chi connectivity index (χ0) is 20.8. The van der Waals surface area contributed by atoms with Crippen molar-refractivity contribution in [3.05, 3.63) is 95.6 Å². The number of halogens is 2. The quantitative estimate of drug-likeness (QED) is 0.530. The van der Waals surface area contributed by atoms with Gasteiger partial charge in [0.25, 0.3) is 0 Å². The highest BCUT2D eigenvalue weighted by molar-refractivity contribution is 8.01. The fourth-order valence-corrected chi connectivity index (χ4v) is 4.03. The molecule has 0 heterocycles. The summed E-state index contributed by atoms with van der Waals surface area (Å²) in [4.78, 5) is 12.7. The summed E-state index contributed by atoms with van der Waals surface area (Å²) in [5.74, 6) is -0.115. The minimum atomic E-state index is -0.405. The smallest absolute Gasteiger partial charge is 0.237 e. The van der Waals surface area contributed by atoms with E-state index >= 15 is 0 Å². The highest BCUT2D eigenvalue weighted by Crippen LogP contribution is 2.38. The Morgan fingerprint density at radius 3 is 1.79 bits per heavy atom. The number of benzene rings is 3. The van der Waals surface area contributed by atoms with Gasteiger partial charge in [0.1, 0.15) is 17.4 Å². The number of hydrogen-bond donors (Lipinski definition) is 1. The molecule has 0 aliphatic heterocycles. The van der Waals surface area contributed by atoms with Crippen LogP contribution in [-0.4, -0.2) is 18.3 Å². The summed E-state index contributed by atoms with van der Waals surface area (Å²) in [6, 6.07) is 19.4. The summed E-state index contributed by atoms with van der Waals surface area (Å²) < 4.78 is 31.8. The number of thioether (sulfide) groups is 1. The molecule has 0 aliphatic rings. The number of methoxy groups -OCH3 is 1. The zero-order valence-electron chi connectivity index (χ0n) is 16.1. The number of hydrogen-bond acceptors (Lipinski definition) is 3. The number of rotatable bonds is 7. The fourth-order valence-electron chi connectivity index (χ4n) is 2.81. The molecule has 0 spiro atoms. The van der Waals surface area contributed by atoms with Crippen LogP contribution in [0, 0.1) is 11.6 Å². The molecule has 1 unspecified atom stereocenters. The minimum Gasteiger partial charge on any atom is -0.497 e. The second-order valence-electron chi connectivity index (χ2n) is 6.48. The van der Waals surface area contributed by atoms with E-state index in [4.69, 9.17) is 4.74 Å². The van der Waals surface area contributed by atoms with E-state index in [9.17, 15) is 13.6 Å². The lowest BCUT2D eigenvalue weighted by Gasteiger charge is -2.22. The van der Waals surface area contributed by atoms with Gasteiger partial charge in [0.15, 0.2) is 0 Å². The number of carbonyl (C=O) groups excluding carboxylic acids is 1. The Morgan fingerprint density at radius 1 is 0.862 bits per heavy atom. The van der Waals surface area contributed by atoms with E-state index in [1.165, 1.54) is 36.0 Å². The number of anilines is 1. The highest BCUT2D eigenvalue weighted by atomic mass is 32.2. The molecule has 0 saturated carbocycles. The number of nitrogens with one attached hydrogen (secondary N) is 1. The topological polar surface area (TPSA) is 38.3 Å². The molecule has 0 saturated heterocycles. The maximum atomic E-state index is 13.4. The lowest BCUT2D eigenvalue weighted by molar-refractivity contribution is -0.115. The van der Waals surface area contributed by atoms with Crippen molar-refractivity contribution in [2.45, 2.75) is 17.4 Å². The van der Waals surface area contributed by atoms with Gasteiger partial charge in [-0.3, -0.25) is 4.79 Å².